The fourth-order valence-corrected chi connectivity index (χ4v) is 3.73. The first-order valence-electron chi connectivity index (χ1n) is 9.27. The van der Waals surface area contributed by atoms with Gasteiger partial charge >= 0.3 is 6.03 Å². The van der Waals surface area contributed by atoms with Gasteiger partial charge in [0.15, 0.2) is 11.0 Å². The van der Waals surface area contributed by atoms with Gasteiger partial charge in [-0.1, -0.05) is 50.1 Å². The zero-order chi connectivity index (χ0) is 20.7. The molecule has 0 fully saturated rings. The quantitative estimate of drug-likeness (QED) is 0.591. The lowest BCUT2D eigenvalue weighted by molar-refractivity contribution is -0.119. The zero-order valence-corrected chi connectivity index (χ0v) is 17.9. The summed E-state index contributed by atoms with van der Waals surface area (Å²) < 4.78 is 2.03. The molecule has 1 aromatic heterocycles. The summed E-state index contributed by atoms with van der Waals surface area (Å²) in [5, 5.41) is 11.5. The van der Waals surface area contributed by atoms with Crippen molar-refractivity contribution in [1.29, 1.82) is 0 Å². The molecule has 2 atom stereocenters. The average Bonchev–Trinajstić information content (AvgIpc) is 3.02. The van der Waals surface area contributed by atoms with E-state index in [-0.39, 0.29) is 0 Å². The molecular weight excluding hydrogens is 398 g/mol. The first kappa shape index (κ1) is 22.2. The number of nitrogens with zero attached hydrogens (tertiary/aromatic N) is 3. The lowest BCUT2D eigenvalue weighted by Crippen LogP contribution is -2.39. The van der Waals surface area contributed by atoms with Crippen LogP contribution in [0.4, 0.5) is 4.79 Å². The lowest BCUT2D eigenvalue weighted by Gasteiger charge is -2.17. The number of urea groups is 1. The number of rotatable bonds is 9. The summed E-state index contributed by atoms with van der Waals surface area (Å²) >= 11 is 7.25. The van der Waals surface area contributed by atoms with Gasteiger partial charge in [-0.05, 0) is 43.5 Å². The molecule has 1 heterocycles. The molecule has 28 heavy (non-hydrogen) atoms. The number of nitrogens with two attached hydrogens (primary N) is 1. The molecule has 0 saturated carbocycles. The van der Waals surface area contributed by atoms with Crippen LogP contribution in [0.25, 0.3) is 11.4 Å². The summed E-state index contributed by atoms with van der Waals surface area (Å²) in [7, 11) is 0. The SMILES string of the molecule is CCCCC(C)Cn1c(SC(C)C(=O)NC(N)=O)nnc1-c1ccc(Cl)cc1. The number of aromatic nitrogens is 3. The van der Waals surface area contributed by atoms with Crippen molar-refractivity contribution >= 4 is 35.3 Å². The third-order valence-electron chi connectivity index (χ3n) is 4.26. The molecule has 0 aliphatic rings. The minimum Gasteiger partial charge on any atom is -0.351 e. The predicted octanol–water partition coefficient (Wildman–Crippen LogP) is 4.10. The number of halogens is 1. The number of hydrogen-bond donors (Lipinski definition) is 2. The number of carbonyl (C=O) groups excluding carboxylic acids is 2. The smallest absolute Gasteiger partial charge is 0.318 e. The normalized spacial score (nSPS) is 13.1. The number of primary amides is 1. The minimum atomic E-state index is -0.867. The molecule has 0 bridgehead atoms. The maximum Gasteiger partial charge on any atom is 0.318 e. The van der Waals surface area contributed by atoms with E-state index < -0.39 is 17.2 Å². The highest BCUT2D eigenvalue weighted by Gasteiger charge is 2.22. The molecule has 0 aliphatic heterocycles. The summed E-state index contributed by atoms with van der Waals surface area (Å²) in [6.07, 6.45) is 3.39. The predicted molar refractivity (Wildman–Crippen MR) is 112 cm³/mol. The van der Waals surface area contributed by atoms with Crippen LogP contribution in [-0.2, 0) is 11.3 Å². The summed E-state index contributed by atoms with van der Waals surface area (Å²) in [4.78, 5) is 23.0. The van der Waals surface area contributed by atoms with Gasteiger partial charge in [0.05, 0.1) is 5.25 Å². The van der Waals surface area contributed by atoms with Crippen molar-refractivity contribution in [1.82, 2.24) is 20.1 Å². The molecule has 1 aromatic carbocycles. The molecule has 2 aromatic rings. The molecule has 2 rings (SSSR count). The Kier molecular flexibility index (Phi) is 8.32. The van der Waals surface area contributed by atoms with Crippen LogP contribution in [0.5, 0.6) is 0 Å². The van der Waals surface area contributed by atoms with Crippen molar-refractivity contribution < 1.29 is 9.59 Å². The maximum absolute atomic E-state index is 12.0. The molecule has 9 heteroatoms. The number of amides is 3. The van der Waals surface area contributed by atoms with Crippen LogP contribution in [-0.4, -0.2) is 32.0 Å². The van der Waals surface area contributed by atoms with Crippen LogP contribution < -0.4 is 11.1 Å². The van der Waals surface area contributed by atoms with E-state index in [1.54, 1.807) is 6.92 Å². The van der Waals surface area contributed by atoms with Crippen molar-refractivity contribution in [2.45, 2.75) is 57.0 Å². The van der Waals surface area contributed by atoms with E-state index in [9.17, 15) is 9.59 Å². The standard InChI is InChI=1S/C19H26ClN5O2S/c1-4-5-6-12(2)11-25-16(14-7-9-15(20)10-8-14)23-24-19(25)28-13(3)17(26)22-18(21)27/h7-10,12-13H,4-6,11H2,1-3H3,(H3,21,22,26,27). The highest BCUT2D eigenvalue weighted by Crippen LogP contribution is 2.29. The zero-order valence-electron chi connectivity index (χ0n) is 16.3. The monoisotopic (exact) mass is 423 g/mol. The van der Waals surface area contributed by atoms with E-state index >= 15 is 0 Å². The number of hydrogen-bond acceptors (Lipinski definition) is 5. The van der Waals surface area contributed by atoms with Gasteiger partial charge in [0, 0.05) is 17.1 Å². The van der Waals surface area contributed by atoms with Crippen molar-refractivity contribution in [3.05, 3.63) is 29.3 Å². The van der Waals surface area contributed by atoms with Crippen LogP contribution in [0.2, 0.25) is 5.02 Å². The molecular formula is C19H26ClN5O2S. The third kappa shape index (κ3) is 6.24. The second kappa shape index (κ2) is 10.5. The Hall–Kier alpha value is -2.06. The summed E-state index contributed by atoms with van der Waals surface area (Å²) in [5.41, 5.74) is 5.94. The second-order valence-electron chi connectivity index (χ2n) is 6.78. The Labute approximate surface area is 174 Å². The van der Waals surface area contributed by atoms with Crippen LogP contribution in [0.1, 0.15) is 40.0 Å². The molecule has 0 radical (unpaired) electrons. The second-order valence-corrected chi connectivity index (χ2v) is 8.53. The van der Waals surface area contributed by atoms with E-state index in [2.05, 4.69) is 29.4 Å². The van der Waals surface area contributed by atoms with Crippen molar-refractivity contribution in [2.24, 2.45) is 11.7 Å². The fourth-order valence-electron chi connectivity index (χ4n) is 2.74. The average molecular weight is 424 g/mol. The Morgan fingerprint density at radius 1 is 1.25 bits per heavy atom. The summed E-state index contributed by atoms with van der Waals surface area (Å²) in [6.45, 7) is 6.80. The minimum absolute atomic E-state index is 0.427. The first-order valence-corrected chi connectivity index (χ1v) is 10.5. The van der Waals surface area contributed by atoms with Crippen molar-refractivity contribution in [3.63, 3.8) is 0 Å². The Morgan fingerprint density at radius 2 is 1.93 bits per heavy atom. The largest absolute Gasteiger partial charge is 0.351 e. The van der Waals surface area contributed by atoms with Crippen LogP contribution >= 0.6 is 23.4 Å². The third-order valence-corrected chi connectivity index (χ3v) is 5.59. The molecule has 0 aliphatic carbocycles. The molecule has 3 amide bonds. The molecule has 7 nitrogen and oxygen atoms in total. The van der Waals surface area contributed by atoms with E-state index in [4.69, 9.17) is 17.3 Å². The topological polar surface area (TPSA) is 103 Å². The van der Waals surface area contributed by atoms with Gasteiger partial charge in [0.1, 0.15) is 0 Å². The number of carbonyl (C=O) groups is 2. The van der Waals surface area contributed by atoms with E-state index in [0.717, 1.165) is 37.2 Å². The molecule has 0 spiro atoms. The van der Waals surface area contributed by atoms with Crippen molar-refractivity contribution in [2.75, 3.05) is 0 Å². The van der Waals surface area contributed by atoms with Crippen molar-refractivity contribution in [3.8, 4) is 11.4 Å². The Bertz CT molecular complexity index is 809. The van der Waals surface area contributed by atoms with Gasteiger partial charge in [-0.15, -0.1) is 10.2 Å². The van der Waals surface area contributed by atoms with Gasteiger partial charge < -0.3 is 10.3 Å². The summed E-state index contributed by atoms with van der Waals surface area (Å²) in [6, 6.07) is 6.56. The van der Waals surface area contributed by atoms with Gasteiger partial charge in [0.25, 0.3) is 0 Å². The Morgan fingerprint density at radius 3 is 2.54 bits per heavy atom. The molecule has 2 unspecified atom stereocenters. The summed E-state index contributed by atoms with van der Waals surface area (Å²) in [5.74, 6) is 0.695. The number of benzene rings is 1. The van der Waals surface area contributed by atoms with E-state index in [1.807, 2.05) is 28.8 Å². The van der Waals surface area contributed by atoms with Crippen LogP contribution in [0.15, 0.2) is 29.4 Å². The molecule has 3 N–H and O–H groups in total. The van der Waals surface area contributed by atoms with E-state index in [1.165, 1.54) is 11.8 Å². The van der Waals surface area contributed by atoms with Crippen LogP contribution in [0, 0.1) is 5.92 Å². The van der Waals surface area contributed by atoms with Gasteiger partial charge in [-0.3, -0.25) is 10.1 Å². The number of unbranched alkanes of at least 4 members (excludes halogenated alkanes) is 1. The fraction of sp³-hybridized carbons (Fsp3) is 0.474. The van der Waals surface area contributed by atoms with E-state index in [0.29, 0.717) is 16.1 Å². The lowest BCUT2D eigenvalue weighted by atomic mass is 10.0. The Balaban J connectivity index is 2.29. The number of imide groups is 1. The number of nitrogens with one attached hydrogen (secondary N) is 1. The van der Waals surface area contributed by atoms with Gasteiger partial charge in [-0.2, -0.15) is 0 Å². The highest BCUT2D eigenvalue weighted by atomic mass is 35.5. The first-order chi connectivity index (χ1) is 13.3. The van der Waals surface area contributed by atoms with Crippen LogP contribution in [0.3, 0.4) is 0 Å². The van der Waals surface area contributed by atoms with Gasteiger partial charge in [-0.25, -0.2) is 4.79 Å². The highest BCUT2D eigenvalue weighted by molar-refractivity contribution is 8.00. The molecule has 0 saturated heterocycles. The maximum atomic E-state index is 12.0. The van der Waals surface area contributed by atoms with Gasteiger partial charge in [0.2, 0.25) is 5.91 Å². The number of thioether (sulfide) groups is 1. The molecule has 152 valence electrons.